The Morgan fingerprint density at radius 3 is 1.82 bits per heavy atom. The summed E-state index contributed by atoms with van der Waals surface area (Å²) in [5, 5.41) is 7.14. The van der Waals surface area contributed by atoms with E-state index < -0.39 is 0 Å². The van der Waals surface area contributed by atoms with Gasteiger partial charge in [0.05, 0.1) is 22.4 Å². The number of rotatable bonds is 6. The standard InChI is InChI=1S/C52H34N2O/c1-2-16-36-33-39(32-31-35(36)15-1)53(48-27-9-6-22-43(48)45-24-14-25-46-44-23-7-12-30-51(44)55-52(45)46)38-18-13-17-37(34-38)40-19-3-8-26-47(40)54-49-28-10-4-20-41(49)42-21-5-11-29-50(42)54/h1-34H. The van der Waals surface area contributed by atoms with Gasteiger partial charge in [-0.05, 0) is 70.9 Å². The van der Waals surface area contributed by atoms with Crippen molar-refractivity contribution in [3.05, 3.63) is 206 Å². The van der Waals surface area contributed by atoms with E-state index in [-0.39, 0.29) is 0 Å². The molecule has 0 saturated carbocycles. The van der Waals surface area contributed by atoms with Crippen molar-refractivity contribution in [3.8, 4) is 27.9 Å². The van der Waals surface area contributed by atoms with E-state index in [0.717, 1.165) is 66.9 Å². The van der Waals surface area contributed by atoms with Crippen molar-refractivity contribution in [2.24, 2.45) is 0 Å². The maximum Gasteiger partial charge on any atom is 0.143 e. The highest BCUT2D eigenvalue weighted by atomic mass is 16.3. The van der Waals surface area contributed by atoms with Crippen LogP contribution in [-0.4, -0.2) is 4.57 Å². The molecule has 0 radical (unpaired) electrons. The molecule has 0 aliphatic heterocycles. The molecule has 3 nitrogen and oxygen atoms in total. The second-order valence-electron chi connectivity index (χ2n) is 14.1. The van der Waals surface area contributed by atoms with E-state index in [9.17, 15) is 0 Å². The van der Waals surface area contributed by atoms with Crippen LogP contribution in [0.4, 0.5) is 17.1 Å². The van der Waals surface area contributed by atoms with Crippen molar-refractivity contribution < 1.29 is 4.42 Å². The molecule has 0 bridgehead atoms. The summed E-state index contributed by atoms with van der Waals surface area (Å²) < 4.78 is 9.02. The zero-order valence-electron chi connectivity index (χ0n) is 29.9. The van der Waals surface area contributed by atoms with Gasteiger partial charge >= 0.3 is 0 Å². The quantitative estimate of drug-likeness (QED) is 0.172. The number of aromatic nitrogens is 1. The predicted octanol–water partition coefficient (Wildman–Crippen LogP) is 14.6. The molecule has 2 aromatic heterocycles. The highest BCUT2D eigenvalue weighted by Crippen LogP contribution is 2.46. The summed E-state index contributed by atoms with van der Waals surface area (Å²) in [5.41, 5.74) is 13.0. The van der Waals surface area contributed by atoms with Crippen LogP contribution in [0.2, 0.25) is 0 Å². The third-order valence-electron chi connectivity index (χ3n) is 11.0. The Morgan fingerprint density at radius 1 is 0.382 bits per heavy atom. The van der Waals surface area contributed by atoms with Crippen molar-refractivity contribution >= 4 is 71.6 Å². The molecule has 0 amide bonds. The lowest BCUT2D eigenvalue weighted by Crippen LogP contribution is -2.11. The van der Waals surface area contributed by atoms with E-state index in [1.807, 2.05) is 6.07 Å². The second kappa shape index (κ2) is 12.6. The van der Waals surface area contributed by atoms with Gasteiger partial charge in [0.15, 0.2) is 0 Å². The van der Waals surface area contributed by atoms with Crippen LogP contribution in [0.3, 0.4) is 0 Å². The highest BCUT2D eigenvalue weighted by Gasteiger charge is 2.22. The number of hydrogen-bond donors (Lipinski definition) is 0. The Balaban J connectivity index is 1.14. The van der Waals surface area contributed by atoms with Crippen molar-refractivity contribution in [1.29, 1.82) is 0 Å². The molecule has 0 spiro atoms. The molecular weight excluding hydrogens is 669 g/mol. The Bertz CT molecular complexity index is 3190. The molecule has 0 aliphatic rings. The van der Waals surface area contributed by atoms with Gasteiger partial charge in [0.2, 0.25) is 0 Å². The average molecular weight is 703 g/mol. The molecule has 0 unspecified atom stereocenters. The summed E-state index contributed by atoms with van der Waals surface area (Å²) in [4.78, 5) is 2.40. The van der Waals surface area contributed by atoms with Crippen LogP contribution >= 0.6 is 0 Å². The minimum atomic E-state index is 0.892. The predicted molar refractivity (Wildman–Crippen MR) is 231 cm³/mol. The second-order valence-corrected chi connectivity index (χ2v) is 14.1. The Hall–Kier alpha value is -7.36. The molecule has 11 rings (SSSR count). The molecule has 0 fully saturated rings. The fourth-order valence-corrected chi connectivity index (χ4v) is 8.51. The van der Waals surface area contributed by atoms with Crippen LogP contribution in [-0.2, 0) is 0 Å². The maximum atomic E-state index is 6.61. The molecule has 3 heteroatoms. The monoisotopic (exact) mass is 702 g/mol. The molecule has 55 heavy (non-hydrogen) atoms. The lowest BCUT2D eigenvalue weighted by atomic mass is 9.98. The van der Waals surface area contributed by atoms with Crippen molar-refractivity contribution in [3.63, 3.8) is 0 Å². The lowest BCUT2D eigenvalue weighted by molar-refractivity contribution is 0.670. The van der Waals surface area contributed by atoms with Crippen LogP contribution in [0.5, 0.6) is 0 Å². The Kier molecular flexibility index (Phi) is 7.17. The van der Waals surface area contributed by atoms with Crippen molar-refractivity contribution in [1.82, 2.24) is 4.57 Å². The fourth-order valence-electron chi connectivity index (χ4n) is 8.51. The summed E-state index contributed by atoms with van der Waals surface area (Å²) >= 11 is 0. The van der Waals surface area contributed by atoms with Gasteiger partial charge in [-0.2, -0.15) is 0 Å². The van der Waals surface area contributed by atoms with E-state index in [1.165, 1.54) is 32.6 Å². The molecular formula is C52H34N2O. The minimum absolute atomic E-state index is 0.892. The Labute approximate surface area is 318 Å². The van der Waals surface area contributed by atoms with E-state index in [4.69, 9.17) is 4.42 Å². The van der Waals surface area contributed by atoms with Crippen molar-refractivity contribution in [2.45, 2.75) is 0 Å². The van der Waals surface area contributed by atoms with Crippen LogP contribution in [0.25, 0.3) is 82.5 Å². The highest BCUT2D eigenvalue weighted by molar-refractivity contribution is 6.11. The van der Waals surface area contributed by atoms with Crippen molar-refractivity contribution in [2.75, 3.05) is 4.90 Å². The molecule has 11 aromatic rings. The summed E-state index contributed by atoms with van der Waals surface area (Å²) in [6.07, 6.45) is 0. The number of anilines is 3. The SMILES string of the molecule is c1cc(-c2ccccc2-n2c3ccccc3c3ccccc32)cc(N(c2ccc3ccccc3c2)c2ccccc2-c2cccc3c2oc2ccccc23)c1. The number of nitrogens with zero attached hydrogens (tertiary/aromatic N) is 2. The third kappa shape index (κ3) is 5.05. The molecule has 2 heterocycles. The lowest BCUT2D eigenvalue weighted by Gasteiger charge is -2.29. The number of benzene rings is 9. The zero-order chi connectivity index (χ0) is 36.3. The summed E-state index contributed by atoms with van der Waals surface area (Å²) in [6.45, 7) is 0. The molecule has 0 N–H and O–H groups in total. The van der Waals surface area contributed by atoms with Gasteiger partial charge in [0.1, 0.15) is 11.2 Å². The van der Waals surface area contributed by atoms with Gasteiger partial charge in [0, 0.05) is 49.6 Å². The van der Waals surface area contributed by atoms with Gasteiger partial charge in [-0.1, -0.05) is 152 Å². The fraction of sp³-hybridized carbons (Fsp3) is 0. The summed E-state index contributed by atoms with van der Waals surface area (Å²) in [5.74, 6) is 0. The average Bonchev–Trinajstić information content (AvgIpc) is 3.80. The molecule has 0 aliphatic carbocycles. The van der Waals surface area contributed by atoms with E-state index in [2.05, 4.69) is 210 Å². The minimum Gasteiger partial charge on any atom is -0.455 e. The van der Waals surface area contributed by atoms with E-state index in [1.54, 1.807) is 0 Å². The van der Waals surface area contributed by atoms with Gasteiger partial charge in [-0.15, -0.1) is 0 Å². The molecule has 9 aromatic carbocycles. The molecule has 0 atom stereocenters. The molecule has 0 saturated heterocycles. The first-order chi connectivity index (χ1) is 27.3. The normalized spacial score (nSPS) is 11.6. The van der Waals surface area contributed by atoms with Crippen LogP contribution in [0.15, 0.2) is 211 Å². The topological polar surface area (TPSA) is 21.3 Å². The molecule has 258 valence electrons. The van der Waals surface area contributed by atoms with Gasteiger partial charge in [-0.25, -0.2) is 0 Å². The first kappa shape index (κ1) is 31.2. The number of fused-ring (bicyclic) bond motifs is 7. The third-order valence-corrected chi connectivity index (χ3v) is 11.0. The first-order valence-electron chi connectivity index (χ1n) is 18.8. The zero-order valence-corrected chi connectivity index (χ0v) is 29.9. The maximum absolute atomic E-state index is 6.61. The van der Waals surface area contributed by atoms with Crippen LogP contribution in [0.1, 0.15) is 0 Å². The van der Waals surface area contributed by atoms with Crippen LogP contribution < -0.4 is 4.90 Å². The number of hydrogen-bond acceptors (Lipinski definition) is 2. The van der Waals surface area contributed by atoms with Crippen LogP contribution in [0, 0.1) is 0 Å². The van der Waals surface area contributed by atoms with E-state index >= 15 is 0 Å². The largest absolute Gasteiger partial charge is 0.455 e. The summed E-state index contributed by atoms with van der Waals surface area (Å²) in [6, 6.07) is 74.0. The Morgan fingerprint density at radius 2 is 0.982 bits per heavy atom. The summed E-state index contributed by atoms with van der Waals surface area (Å²) in [7, 11) is 0. The van der Waals surface area contributed by atoms with Gasteiger partial charge in [-0.3, -0.25) is 0 Å². The van der Waals surface area contributed by atoms with E-state index in [0.29, 0.717) is 0 Å². The number of furan rings is 1. The number of para-hydroxylation sites is 6. The van der Waals surface area contributed by atoms with Gasteiger partial charge < -0.3 is 13.9 Å². The smallest absolute Gasteiger partial charge is 0.143 e. The van der Waals surface area contributed by atoms with Gasteiger partial charge in [0.25, 0.3) is 0 Å². The first-order valence-corrected chi connectivity index (χ1v) is 18.8.